The Morgan fingerprint density at radius 1 is 1.43 bits per heavy atom. The summed E-state index contributed by atoms with van der Waals surface area (Å²) < 4.78 is 0. The molecule has 0 spiro atoms. The minimum absolute atomic E-state index is 0.400. The molecule has 1 aliphatic carbocycles. The monoisotopic (exact) mass is 207 g/mol. The summed E-state index contributed by atoms with van der Waals surface area (Å²) in [5.41, 5.74) is 0.346. The summed E-state index contributed by atoms with van der Waals surface area (Å²) in [6, 6.07) is 7.23. The number of hydrogen-bond donors (Lipinski definition) is 1. The third-order valence-electron chi connectivity index (χ3n) is 2.80. The number of halogens is 1. The van der Waals surface area contributed by atoms with E-state index in [1.165, 1.54) is 0 Å². The summed E-state index contributed by atoms with van der Waals surface area (Å²) in [5, 5.41) is 19.3. The summed E-state index contributed by atoms with van der Waals surface area (Å²) in [7, 11) is 0. The molecular weight excluding hydrogens is 198 g/mol. The average molecular weight is 208 g/mol. The van der Waals surface area contributed by atoms with E-state index in [9.17, 15) is 5.11 Å². The molecule has 0 amide bonds. The molecule has 3 heteroatoms. The molecular formula is C11H10ClNO. The lowest BCUT2D eigenvalue weighted by molar-refractivity contribution is -0.0387. The molecule has 0 aliphatic heterocycles. The van der Waals surface area contributed by atoms with Gasteiger partial charge in [-0.15, -0.1) is 0 Å². The van der Waals surface area contributed by atoms with Gasteiger partial charge >= 0.3 is 0 Å². The number of nitriles is 1. The fourth-order valence-corrected chi connectivity index (χ4v) is 2.10. The predicted octanol–water partition coefficient (Wildman–Crippen LogP) is 2.58. The van der Waals surface area contributed by atoms with E-state index in [-0.39, 0.29) is 0 Å². The number of hydrogen-bond acceptors (Lipinski definition) is 2. The highest BCUT2D eigenvalue weighted by Crippen LogP contribution is 2.44. The molecule has 72 valence electrons. The van der Waals surface area contributed by atoms with Crippen LogP contribution in [0.15, 0.2) is 18.2 Å². The first-order chi connectivity index (χ1) is 6.67. The molecule has 1 aromatic carbocycles. The molecule has 0 atom stereocenters. The van der Waals surface area contributed by atoms with Crippen LogP contribution in [-0.2, 0) is 5.60 Å². The van der Waals surface area contributed by atoms with Gasteiger partial charge in [-0.2, -0.15) is 5.26 Å². The van der Waals surface area contributed by atoms with Crippen LogP contribution >= 0.6 is 11.6 Å². The molecule has 0 aromatic heterocycles. The molecule has 1 aliphatic rings. The SMILES string of the molecule is N#Cc1cccc(C2(O)CCC2)c1Cl. The Kier molecular flexibility index (Phi) is 2.22. The van der Waals surface area contributed by atoms with Crippen LogP contribution < -0.4 is 0 Å². The van der Waals surface area contributed by atoms with Crippen LogP contribution in [0.2, 0.25) is 5.02 Å². The Morgan fingerprint density at radius 2 is 2.14 bits per heavy atom. The van der Waals surface area contributed by atoms with Gasteiger partial charge in [0.2, 0.25) is 0 Å². The first-order valence-corrected chi connectivity index (χ1v) is 4.97. The summed E-state index contributed by atoms with van der Waals surface area (Å²) in [4.78, 5) is 0. The second-order valence-corrected chi connectivity index (χ2v) is 4.04. The highest BCUT2D eigenvalue weighted by Gasteiger charge is 2.38. The fraction of sp³-hybridized carbons (Fsp3) is 0.364. The van der Waals surface area contributed by atoms with Gasteiger partial charge in [0.25, 0.3) is 0 Å². The van der Waals surface area contributed by atoms with E-state index in [1.54, 1.807) is 18.2 Å². The number of benzene rings is 1. The fourth-order valence-electron chi connectivity index (χ4n) is 1.76. The molecule has 2 nitrogen and oxygen atoms in total. The van der Waals surface area contributed by atoms with Gasteiger partial charge in [-0.25, -0.2) is 0 Å². The normalized spacial score (nSPS) is 18.4. The van der Waals surface area contributed by atoms with E-state index in [0.29, 0.717) is 16.1 Å². The average Bonchev–Trinajstić information content (AvgIpc) is 2.15. The van der Waals surface area contributed by atoms with Crippen molar-refractivity contribution in [2.24, 2.45) is 0 Å². The third kappa shape index (κ3) is 1.30. The van der Waals surface area contributed by atoms with Crippen molar-refractivity contribution in [1.82, 2.24) is 0 Å². The summed E-state index contributed by atoms with van der Waals surface area (Å²) in [5.74, 6) is 0. The summed E-state index contributed by atoms with van der Waals surface area (Å²) in [6.07, 6.45) is 2.49. The van der Waals surface area contributed by atoms with E-state index in [0.717, 1.165) is 19.3 Å². The van der Waals surface area contributed by atoms with E-state index in [4.69, 9.17) is 16.9 Å². The Hall–Kier alpha value is -1.04. The molecule has 1 N–H and O–H groups in total. The third-order valence-corrected chi connectivity index (χ3v) is 3.21. The zero-order valence-electron chi connectivity index (χ0n) is 7.63. The molecule has 0 unspecified atom stereocenters. The Labute approximate surface area is 87.7 Å². The highest BCUT2D eigenvalue weighted by atomic mass is 35.5. The lowest BCUT2D eigenvalue weighted by Crippen LogP contribution is -2.34. The van der Waals surface area contributed by atoms with Crippen molar-refractivity contribution in [3.63, 3.8) is 0 Å². The number of rotatable bonds is 1. The molecule has 1 saturated carbocycles. The predicted molar refractivity (Wildman–Crippen MR) is 53.9 cm³/mol. The standard InChI is InChI=1S/C11H10ClNO/c12-10-8(7-13)3-1-4-9(10)11(14)5-2-6-11/h1,3-4,14H,2,5-6H2. The van der Waals surface area contributed by atoms with Gasteiger partial charge in [-0.05, 0) is 25.3 Å². The Bertz CT molecular complexity index is 404. The minimum atomic E-state index is -0.788. The first kappa shape index (κ1) is 9.51. The molecule has 14 heavy (non-hydrogen) atoms. The quantitative estimate of drug-likeness (QED) is 0.769. The molecule has 2 rings (SSSR count). The molecule has 1 fully saturated rings. The summed E-state index contributed by atoms with van der Waals surface area (Å²) >= 11 is 6.02. The lowest BCUT2D eigenvalue weighted by Gasteiger charge is -2.37. The van der Waals surface area contributed by atoms with Crippen molar-refractivity contribution >= 4 is 11.6 Å². The number of aliphatic hydroxyl groups is 1. The second-order valence-electron chi connectivity index (χ2n) is 3.66. The maximum atomic E-state index is 10.1. The van der Waals surface area contributed by atoms with Crippen molar-refractivity contribution in [2.45, 2.75) is 24.9 Å². The zero-order chi connectivity index (χ0) is 10.2. The smallest absolute Gasteiger partial charge is 0.101 e. The van der Waals surface area contributed by atoms with Crippen LogP contribution in [-0.4, -0.2) is 5.11 Å². The van der Waals surface area contributed by atoms with E-state index in [2.05, 4.69) is 0 Å². The molecule has 0 saturated heterocycles. The van der Waals surface area contributed by atoms with Crippen molar-refractivity contribution < 1.29 is 5.11 Å². The zero-order valence-corrected chi connectivity index (χ0v) is 8.38. The molecule has 1 aromatic rings. The highest BCUT2D eigenvalue weighted by molar-refractivity contribution is 6.32. The Morgan fingerprint density at radius 3 is 2.64 bits per heavy atom. The van der Waals surface area contributed by atoms with Crippen LogP contribution in [0.5, 0.6) is 0 Å². The summed E-state index contributed by atoms with van der Waals surface area (Å²) in [6.45, 7) is 0. The van der Waals surface area contributed by atoms with E-state index in [1.807, 2.05) is 6.07 Å². The van der Waals surface area contributed by atoms with Crippen LogP contribution in [0, 0.1) is 11.3 Å². The van der Waals surface area contributed by atoms with Crippen LogP contribution in [0.4, 0.5) is 0 Å². The van der Waals surface area contributed by atoms with Gasteiger partial charge < -0.3 is 5.11 Å². The van der Waals surface area contributed by atoms with Crippen LogP contribution in [0.1, 0.15) is 30.4 Å². The van der Waals surface area contributed by atoms with Crippen LogP contribution in [0.3, 0.4) is 0 Å². The van der Waals surface area contributed by atoms with Gasteiger partial charge in [0.15, 0.2) is 0 Å². The largest absolute Gasteiger partial charge is 0.385 e. The van der Waals surface area contributed by atoms with Gasteiger partial charge in [-0.3, -0.25) is 0 Å². The maximum Gasteiger partial charge on any atom is 0.101 e. The van der Waals surface area contributed by atoms with Crippen molar-refractivity contribution in [2.75, 3.05) is 0 Å². The van der Waals surface area contributed by atoms with Crippen molar-refractivity contribution in [3.05, 3.63) is 34.3 Å². The topological polar surface area (TPSA) is 44.0 Å². The second kappa shape index (κ2) is 3.27. The minimum Gasteiger partial charge on any atom is -0.385 e. The van der Waals surface area contributed by atoms with Gasteiger partial charge in [-0.1, -0.05) is 23.7 Å². The maximum absolute atomic E-state index is 10.1. The van der Waals surface area contributed by atoms with E-state index >= 15 is 0 Å². The molecule has 0 radical (unpaired) electrons. The first-order valence-electron chi connectivity index (χ1n) is 4.59. The van der Waals surface area contributed by atoms with Gasteiger partial charge in [0.05, 0.1) is 16.2 Å². The molecule has 0 bridgehead atoms. The lowest BCUT2D eigenvalue weighted by atomic mass is 9.75. The Balaban J connectivity index is 2.49. The van der Waals surface area contributed by atoms with Gasteiger partial charge in [0.1, 0.15) is 6.07 Å². The van der Waals surface area contributed by atoms with Crippen molar-refractivity contribution in [1.29, 1.82) is 5.26 Å². The number of nitrogens with zero attached hydrogens (tertiary/aromatic N) is 1. The van der Waals surface area contributed by atoms with E-state index < -0.39 is 5.60 Å². The van der Waals surface area contributed by atoms with Crippen LogP contribution in [0.25, 0.3) is 0 Å². The van der Waals surface area contributed by atoms with Crippen molar-refractivity contribution in [3.8, 4) is 6.07 Å². The molecule has 0 heterocycles. The van der Waals surface area contributed by atoms with Gasteiger partial charge in [0, 0.05) is 5.56 Å².